The number of aliphatic hydroxyl groups is 2. The summed E-state index contributed by atoms with van der Waals surface area (Å²) in [4.78, 5) is 11.7. The average molecular weight is 334 g/mol. The van der Waals surface area contributed by atoms with E-state index in [1.54, 1.807) is 0 Å². The van der Waals surface area contributed by atoms with Gasteiger partial charge in [0, 0.05) is 11.3 Å². The van der Waals surface area contributed by atoms with Crippen LogP contribution < -0.4 is 0 Å². The number of carbonyl (C=O) groups excluding carboxylic acids is 1. The summed E-state index contributed by atoms with van der Waals surface area (Å²) in [6.45, 7) is 9.10. The molecule has 0 bridgehead atoms. The Bertz CT molecular complexity index is 554. The lowest BCUT2D eigenvalue weighted by Crippen LogP contribution is -2.57. The van der Waals surface area contributed by atoms with Crippen molar-refractivity contribution in [3.8, 4) is 0 Å². The second-order valence-electron chi connectivity index (χ2n) is 8.40. The smallest absolute Gasteiger partial charge is 0.312 e. The Morgan fingerprint density at radius 3 is 2.67 bits per heavy atom. The second-order valence-corrected chi connectivity index (χ2v) is 8.40. The van der Waals surface area contributed by atoms with Gasteiger partial charge in [-0.1, -0.05) is 38.2 Å². The number of hydrogen-bond acceptors (Lipinski definition) is 4. The molecule has 2 saturated carbocycles. The highest BCUT2D eigenvalue weighted by molar-refractivity contribution is 5.76. The highest BCUT2D eigenvalue weighted by Crippen LogP contribution is 2.61. The van der Waals surface area contributed by atoms with Gasteiger partial charge >= 0.3 is 5.97 Å². The molecule has 6 unspecified atom stereocenters. The van der Waals surface area contributed by atoms with E-state index in [1.807, 2.05) is 13.0 Å². The molecule has 1 aliphatic heterocycles. The lowest BCUT2D eigenvalue weighted by Gasteiger charge is -2.59. The first-order valence-corrected chi connectivity index (χ1v) is 9.14. The van der Waals surface area contributed by atoms with E-state index in [-0.39, 0.29) is 35.7 Å². The van der Waals surface area contributed by atoms with Gasteiger partial charge in [0.05, 0.1) is 25.2 Å². The summed E-state index contributed by atoms with van der Waals surface area (Å²) in [5.41, 5.74) is 0.699. The molecule has 4 heteroatoms. The van der Waals surface area contributed by atoms with Crippen LogP contribution in [0.1, 0.15) is 46.0 Å². The lowest BCUT2D eigenvalue weighted by molar-refractivity contribution is -0.146. The molecule has 4 nitrogen and oxygen atoms in total. The van der Waals surface area contributed by atoms with Crippen molar-refractivity contribution in [1.29, 1.82) is 0 Å². The molecular formula is C20H30O4. The van der Waals surface area contributed by atoms with Crippen LogP contribution in [0, 0.1) is 28.6 Å². The van der Waals surface area contributed by atoms with Gasteiger partial charge in [0.1, 0.15) is 0 Å². The van der Waals surface area contributed by atoms with E-state index in [0.717, 1.165) is 25.7 Å². The maximum absolute atomic E-state index is 11.7. The number of ether oxygens (including phenoxy) is 1. The first-order valence-electron chi connectivity index (χ1n) is 9.14. The molecule has 134 valence electrons. The quantitative estimate of drug-likeness (QED) is 0.615. The van der Waals surface area contributed by atoms with E-state index in [1.165, 1.54) is 5.57 Å². The molecule has 24 heavy (non-hydrogen) atoms. The summed E-state index contributed by atoms with van der Waals surface area (Å²) in [7, 11) is 0. The summed E-state index contributed by atoms with van der Waals surface area (Å²) in [6.07, 6.45) is 7.93. The van der Waals surface area contributed by atoms with E-state index < -0.39 is 11.5 Å². The van der Waals surface area contributed by atoms with Crippen LogP contribution in [0.3, 0.4) is 0 Å². The van der Waals surface area contributed by atoms with Gasteiger partial charge in [0.15, 0.2) is 0 Å². The highest BCUT2D eigenvalue weighted by atomic mass is 16.5. The van der Waals surface area contributed by atoms with Crippen LogP contribution in [0.2, 0.25) is 0 Å². The molecule has 0 aromatic carbocycles. The molecule has 0 aromatic heterocycles. The molecule has 0 amide bonds. The second kappa shape index (κ2) is 6.30. The highest BCUT2D eigenvalue weighted by Gasteiger charge is 2.57. The Kier molecular flexibility index (Phi) is 4.65. The normalized spacial score (nSPS) is 46.2. The van der Waals surface area contributed by atoms with Crippen LogP contribution >= 0.6 is 0 Å². The van der Waals surface area contributed by atoms with E-state index in [4.69, 9.17) is 4.74 Å². The Balaban J connectivity index is 1.89. The standard InChI is InChI=1S/C20H30O4/c1-13-4-7-16-19(2,10-8-17(22)20(16,3)12-21)15(13)6-5-14-9-11-24-18(14)23/h5-6,14-17,21-22H,1,4,7-12H2,2-3H3. The fourth-order valence-electron chi connectivity index (χ4n) is 5.42. The van der Waals surface area contributed by atoms with E-state index in [0.29, 0.717) is 13.0 Å². The number of cyclic esters (lactones) is 1. The molecule has 6 atom stereocenters. The van der Waals surface area contributed by atoms with Gasteiger partial charge in [0.25, 0.3) is 0 Å². The number of esters is 1. The molecular weight excluding hydrogens is 304 g/mol. The Hall–Kier alpha value is -1.13. The first kappa shape index (κ1) is 17.7. The lowest BCUT2D eigenvalue weighted by atomic mass is 9.46. The van der Waals surface area contributed by atoms with Crippen LogP contribution in [0.5, 0.6) is 0 Å². The zero-order valence-corrected chi connectivity index (χ0v) is 14.8. The Morgan fingerprint density at radius 1 is 1.29 bits per heavy atom. The van der Waals surface area contributed by atoms with Gasteiger partial charge in [-0.15, -0.1) is 0 Å². The van der Waals surface area contributed by atoms with Crippen LogP contribution in [0.15, 0.2) is 24.3 Å². The third kappa shape index (κ3) is 2.64. The van der Waals surface area contributed by atoms with Crippen LogP contribution in [0.25, 0.3) is 0 Å². The number of fused-ring (bicyclic) bond motifs is 1. The van der Waals surface area contributed by atoms with Crippen molar-refractivity contribution in [3.05, 3.63) is 24.3 Å². The summed E-state index contributed by atoms with van der Waals surface area (Å²) < 4.78 is 5.05. The molecule has 3 fully saturated rings. The molecule has 2 aliphatic carbocycles. The maximum Gasteiger partial charge on any atom is 0.312 e. The zero-order chi connectivity index (χ0) is 17.5. The van der Waals surface area contributed by atoms with Crippen molar-refractivity contribution in [2.75, 3.05) is 13.2 Å². The molecule has 1 saturated heterocycles. The molecule has 3 rings (SSSR count). The molecule has 0 aromatic rings. The minimum atomic E-state index is -0.466. The fraction of sp³-hybridized carbons (Fsp3) is 0.750. The summed E-state index contributed by atoms with van der Waals surface area (Å²) in [5.74, 6) is 0.159. The minimum Gasteiger partial charge on any atom is -0.465 e. The van der Waals surface area contributed by atoms with Crippen LogP contribution in [-0.4, -0.2) is 35.5 Å². The average Bonchev–Trinajstić information content (AvgIpc) is 2.96. The van der Waals surface area contributed by atoms with Gasteiger partial charge in [0.2, 0.25) is 0 Å². The predicted molar refractivity (Wildman–Crippen MR) is 92.1 cm³/mol. The van der Waals surface area contributed by atoms with Gasteiger partial charge in [-0.2, -0.15) is 0 Å². The van der Waals surface area contributed by atoms with Gasteiger partial charge in [-0.25, -0.2) is 0 Å². The van der Waals surface area contributed by atoms with Crippen molar-refractivity contribution in [1.82, 2.24) is 0 Å². The predicted octanol–water partition coefficient (Wildman–Crippen LogP) is 2.85. The largest absolute Gasteiger partial charge is 0.465 e. The van der Waals surface area contributed by atoms with Gasteiger partial charge in [-0.05, 0) is 43.4 Å². The summed E-state index contributed by atoms with van der Waals surface area (Å²) >= 11 is 0. The first-order chi connectivity index (χ1) is 11.3. The molecule has 0 radical (unpaired) electrons. The van der Waals surface area contributed by atoms with Crippen molar-refractivity contribution < 1.29 is 19.7 Å². The van der Waals surface area contributed by atoms with Crippen molar-refractivity contribution in [3.63, 3.8) is 0 Å². The Labute approximate surface area is 144 Å². The zero-order valence-electron chi connectivity index (χ0n) is 14.8. The topological polar surface area (TPSA) is 66.8 Å². The van der Waals surface area contributed by atoms with Crippen LogP contribution in [-0.2, 0) is 9.53 Å². The van der Waals surface area contributed by atoms with Gasteiger partial charge in [-0.3, -0.25) is 4.79 Å². The Morgan fingerprint density at radius 2 is 2.04 bits per heavy atom. The van der Waals surface area contributed by atoms with Crippen LogP contribution in [0.4, 0.5) is 0 Å². The number of aliphatic hydroxyl groups excluding tert-OH is 2. The molecule has 3 aliphatic rings. The summed E-state index contributed by atoms with van der Waals surface area (Å²) in [5, 5.41) is 20.5. The van der Waals surface area contributed by atoms with Gasteiger partial charge < -0.3 is 14.9 Å². The van der Waals surface area contributed by atoms with E-state index in [2.05, 4.69) is 19.6 Å². The molecule has 1 heterocycles. The molecule has 0 spiro atoms. The van der Waals surface area contributed by atoms with Crippen molar-refractivity contribution in [2.45, 2.75) is 52.1 Å². The number of allylic oxidation sites excluding steroid dienone is 2. The monoisotopic (exact) mass is 334 g/mol. The number of hydrogen-bond donors (Lipinski definition) is 2. The summed E-state index contributed by atoms with van der Waals surface area (Å²) in [6, 6.07) is 0. The third-order valence-electron chi connectivity index (χ3n) is 7.07. The number of rotatable bonds is 3. The fourth-order valence-corrected chi connectivity index (χ4v) is 5.42. The SMILES string of the molecule is C=C1CCC2C(C)(CO)C(O)CCC2(C)C1C=CC1CCOC1=O. The van der Waals surface area contributed by atoms with Crippen molar-refractivity contribution in [2.24, 2.45) is 28.6 Å². The number of carbonyl (C=O) groups is 1. The molecule has 2 N–H and O–H groups in total. The maximum atomic E-state index is 11.7. The van der Waals surface area contributed by atoms with E-state index in [9.17, 15) is 15.0 Å². The minimum absolute atomic E-state index is 0.00623. The third-order valence-corrected chi connectivity index (χ3v) is 7.07. The van der Waals surface area contributed by atoms with E-state index >= 15 is 0 Å². The van der Waals surface area contributed by atoms with Crippen molar-refractivity contribution >= 4 is 5.97 Å².